The van der Waals surface area contributed by atoms with Crippen molar-refractivity contribution in [1.82, 2.24) is 10.6 Å². The Kier molecular flexibility index (Phi) is 6.68. The van der Waals surface area contributed by atoms with Crippen LogP contribution in [0.4, 0.5) is 0 Å². The molecule has 2 aromatic carbocycles. The summed E-state index contributed by atoms with van der Waals surface area (Å²) in [6, 6.07) is 18.5. The summed E-state index contributed by atoms with van der Waals surface area (Å²) in [7, 11) is 0. The second kappa shape index (κ2) is 9.59. The van der Waals surface area contributed by atoms with Gasteiger partial charge in [-0.05, 0) is 37.1 Å². The molecule has 1 heterocycles. The third-order valence-corrected chi connectivity index (χ3v) is 5.07. The number of allylic oxidation sites excluding steroid dienone is 2. The highest BCUT2D eigenvalue weighted by Crippen LogP contribution is 2.38. The second-order valence-corrected chi connectivity index (χ2v) is 7.20. The van der Waals surface area contributed by atoms with Gasteiger partial charge in [-0.3, -0.25) is 4.79 Å². The molecule has 0 aromatic heterocycles. The van der Waals surface area contributed by atoms with Gasteiger partial charge in [0.05, 0.1) is 23.1 Å². The Labute approximate surface area is 181 Å². The molecule has 0 spiro atoms. The van der Waals surface area contributed by atoms with Gasteiger partial charge in [0, 0.05) is 23.5 Å². The zero-order chi connectivity index (χ0) is 22.4. The fraction of sp³-hybridized carbons (Fsp3) is 0.160. The minimum absolute atomic E-state index is 0.0886. The first kappa shape index (κ1) is 21.6. The molecule has 3 N–H and O–H groups in total. The van der Waals surface area contributed by atoms with Gasteiger partial charge in [0.1, 0.15) is 0 Å². The van der Waals surface area contributed by atoms with Crippen LogP contribution < -0.4 is 10.6 Å². The third kappa shape index (κ3) is 4.90. The van der Waals surface area contributed by atoms with Crippen molar-refractivity contribution < 1.29 is 14.7 Å². The molecule has 6 nitrogen and oxygen atoms in total. The van der Waals surface area contributed by atoms with Crippen molar-refractivity contribution in [2.75, 3.05) is 6.54 Å². The minimum Gasteiger partial charge on any atom is -0.478 e. The number of hydrogen-bond donors (Lipinski definition) is 3. The molecule has 0 fully saturated rings. The molecule has 1 unspecified atom stereocenters. The van der Waals surface area contributed by atoms with E-state index in [2.05, 4.69) is 16.7 Å². The number of aliphatic carboxylic acids is 1. The quantitative estimate of drug-likeness (QED) is 0.670. The normalized spacial score (nSPS) is 16.1. The van der Waals surface area contributed by atoms with E-state index in [4.69, 9.17) is 0 Å². The van der Waals surface area contributed by atoms with Crippen LogP contribution in [0.1, 0.15) is 36.5 Å². The first-order valence-electron chi connectivity index (χ1n) is 9.84. The maximum atomic E-state index is 13.1. The van der Waals surface area contributed by atoms with Crippen LogP contribution in [0.15, 0.2) is 83.2 Å². The fourth-order valence-corrected chi connectivity index (χ4v) is 3.71. The average Bonchev–Trinajstić information content (AvgIpc) is 2.76. The molecular formula is C25H23N3O3. The standard InChI is InChI=1S/C25H23N3O3/c1-16-21(24(29)27-13-7-11-18-8-4-3-5-9-18)23(22(25(30)31)17(2)28-16)20-12-6-10-19(14-20)15-26/h3-12,14,23,28H,13H2,1-2H3,(H,27,29)(H,30,31). The van der Waals surface area contributed by atoms with E-state index in [9.17, 15) is 20.0 Å². The van der Waals surface area contributed by atoms with E-state index in [1.165, 1.54) is 0 Å². The van der Waals surface area contributed by atoms with Crippen molar-refractivity contribution in [2.45, 2.75) is 19.8 Å². The molecule has 31 heavy (non-hydrogen) atoms. The van der Waals surface area contributed by atoms with E-state index in [0.29, 0.717) is 34.6 Å². The maximum absolute atomic E-state index is 13.1. The van der Waals surface area contributed by atoms with Gasteiger partial charge in [-0.1, -0.05) is 54.6 Å². The average molecular weight is 413 g/mol. The second-order valence-electron chi connectivity index (χ2n) is 7.20. The van der Waals surface area contributed by atoms with E-state index in [0.717, 1.165) is 5.56 Å². The Hall–Kier alpha value is -4.11. The van der Waals surface area contributed by atoms with E-state index in [1.54, 1.807) is 38.1 Å². The lowest BCUT2D eigenvalue weighted by atomic mass is 9.79. The highest BCUT2D eigenvalue weighted by Gasteiger charge is 2.36. The zero-order valence-electron chi connectivity index (χ0n) is 17.3. The van der Waals surface area contributed by atoms with Gasteiger partial charge >= 0.3 is 5.97 Å². The van der Waals surface area contributed by atoms with E-state index in [-0.39, 0.29) is 11.5 Å². The predicted octanol–water partition coefficient (Wildman–Crippen LogP) is 3.71. The summed E-state index contributed by atoms with van der Waals surface area (Å²) in [4.78, 5) is 25.2. The lowest BCUT2D eigenvalue weighted by Gasteiger charge is -2.30. The number of nitrogens with zero attached hydrogens (tertiary/aromatic N) is 1. The molecule has 1 aliphatic heterocycles. The molecule has 1 amide bonds. The topological polar surface area (TPSA) is 102 Å². The third-order valence-electron chi connectivity index (χ3n) is 5.07. The first-order chi connectivity index (χ1) is 14.9. The number of rotatable bonds is 6. The summed E-state index contributed by atoms with van der Waals surface area (Å²) in [5.74, 6) is -2.26. The minimum atomic E-state index is -1.11. The smallest absolute Gasteiger partial charge is 0.334 e. The maximum Gasteiger partial charge on any atom is 0.334 e. The van der Waals surface area contributed by atoms with Gasteiger partial charge in [-0.25, -0.2) is 4.79 Å². The molecule has 0 bridgehead atoms. The van der Waals surface area contributed by atoms with Crippen molar-refractivity contribution in [2.24, 2.45) is 0 Å². The molecule has 0 aliphatic carbocycles. The predicted molar refractivity (Wildman–Crippen MR) is 119 cm³/mol. The molecule has 0 saturated carbocycles. The summed E-state index contributed by atoms with van der Waals surface area (Å²) in [6.45, 7) is 3.71. The lowest BCUT2D eigenvalue weighted by molar-refractivity contribution is -0.133. The van der Waals surface area contributed by atoms with Crippen molar-refractivity contribution in [3.63, 3.8) is 0 Å². The molecule has 0 saturated heterocycles. The van der Waals surface area contributed by atoms with Gasteiger partial charge in [-0.15, -0.1) is 0 Å². The van der Waals surface area contributed by atoms with Crippen LogP contribution in [0.25, 0.3) is 6.08 Å². The fourth-order valence-electron chi connectivity index (χ4n) is 3.71. The van der Waals surface area contributed by atoms with Crippen LogP contribution in [0.5, 0.6) is 0 Å². The van der Waals surface area contributed by atoms with Crippen molar-refractivity contribution in [3.05, 3.63) is 99.9 Å². The van der Waals surface area contributed by atoms with Crippen LogP contribution in [0.3, 0.4) is 0 Å². The molecule has 2 aromatic rings. The number of benzene rings is 2. The van der Waals surface area contributed by atoms with Gasteiger partial charge < -0.3 is 15.7 Å². The van der Waals surface area contributed by atoms with E-state index >= 15 is 0 Å². The zero-order valence-corrected chi connectivity index (χ0v) is 17.3. The van der Waals surface area contributed by atoms with E-state index in [1.807, 2.05) is 42.5 Å². The van der Waals surface area contributed by atoms with Gasteiger partial charge in [0.25, 0.3) is 0 Å². The Morgan fingerprint density at radius 2 is 1.81 bits per heavy atom. The summed E-state index contributed by atoms with van der Waals surface area (Å²) in [6.07, 6.45) is 3.74. The van der Waals surface area contributed by atoms with Crippen LogP contribution in [-0.2, 0) is 9.59 Å². The lowest BCUT2D eigenvalue weighted by Crippen LogP contribution is -2.36. The molecular weight excluding hydrogens is 390 g/mol. The number of dihydropyridines is 1. The summed E-state index contributed by atoms with van der Waals surface area (Å²) in [5, 5.41) is 25.0. The number of nitrogens with one attached hydrogen (secondary N) is 2. The Morgan fingerprint density at radius 3 is 2.48 bits per heavy atom. The molecule has 1 atom stereocenters. The Balaban J connectivity index is 1.91. The summed E-state index contributed by atoms with van der Waals surface area (Å²) in [5.41, 5.74) is 3.47. The number of carboxylic acid groups (broad SMARTS) is 1. The Morgan fingerprint density at radius 1 is 1.10 bits per heavy atom. The Bertz CT molecular complexity index is 1140. The number of carbonyl (C=O) groups is 2. The van der Waals surface area contributed by atoms with Crippen LogP contribution in [-0.4, -0.2) is 23.5 Å². The van der Waals surface area contributed by atoms with Gasteiger partial charge in [-0.2, -0.15) is 5.26 Å². The van der Waals surface area contributed by atoms with Crippen molar-refractivity contribution in [3.8, 4) is 6.07 Å². The number of carbonyl (C=O) groups excluding carboxylic acids is 1. The number of hydrogen-bond acceptors (Lipinski definition) is 4. The molecule has 0 radical (unpaired) electrons. The highest BCUT2D eigenvalue weighted by molar-refractivity contribution is 6.01. The summed E-state index contributed by atoms with van der Waals surface area (Å²) >= 11 is 0. The largest absolute Gasteiger partial charge is 0.478 e. The van der Waals surface area contributed by atoms with Crippen LogP contribution >= 0.6 is 0 Å². The van der Waals surface area contributed by atoms with Crippen molar-refractivity contribution >= 4 is 18.0 Å². The number of carboxylic acids is 1. The summed E-state index contributed by atoms with van der Waals surface area (Å²) < 4.78 is 0. The molecule has 3 rings (SSSR count). The monoisotopic (exact) mass is 413 g/mol. The highest BCUT2D eigenvalue weighted by atomic mass is 16.4. The molecule has 1 aliphatic rings. The van der Waals surface area contributed by atoms with Crippen LogP contribution in [0, 0.1) is 11.3 Å². The molecule has 156 valence electrons. The van der Waals surface area contributed by atoms with Gasteiger partial charge in [0.2, 0.25) is 5.91 Å². The van der Waals surface area contributed by atoms with Crippen LogP contribution in [0.2, 0.25) is 0 Å². The number of amides is 1. The molecule has 6 heteroatoms. The van der Waals surface area contributed by atoms with Crippen molar-refractivity contribution in [1.29, 1.82) is 5.26 Å². The van der Waals surface area contributed by atoms with E-state index < -0.39 is 11.9 Å². The number of nitriles is 1. The van der Waals surface area contributed by atoms with Gasteiger partial charge in [0.15, 0.2) is 0 Å². The first-order valence-corrected chi connectivity index (χ1v) is 9.84. The SMILES string of the molecule is CC1=C(C(=O)O)C(c2cccc(C#N)c2)C(C(=O)NCC=Cc2ccccc2)=C(C)N1.